The molecule has 0 saturated heterocycles. The van der Waals surface area contributed by atoms with Crippen LogP contribution in [0.1, 0.15) is 30.6 Å². The van der Waals surface area contributed by atoms with Crippen LogP contribution in [-0.2, 0) is 9.53 Å². The molecule has 0 spiro atoms. The number of carbonyl (C=O) groups is 2. The monoisotopic (exact) mass is 377 g/mol. The van der Waals surface area contributed by atoms with Crippen LogP contribution >= 0.6 is 15.9 Å². The summed E-state index contributed by atoms with van der Waals surface area (Å²) in [5, 5.41) is 4.61. The van der Waals surface area contributed by atoms with Gasteiger partial charge in [0, 0.05) is 10.0 Å². The molecule has 2 aromatic carbocycles. The minimum absolute atomic E-state index is 0.00638. The average Bonchev–Trinajstić information content (AvgIpc) is 2.58. The van der Waals surface area contributed by atoms with Gasteiger partial charge in [0.15, 0.2) is 0 Å². The van der Waals surface area contributed by atoms with E-state index in [1.54, 1.807) is 6.07 Å². The molecule has 1 N–H and O–H groups in total. The minimum Gasteiger partial charge on any atom is -0.467 e. The van der Waals surface area contributed by atoms with Gasteiger partial charge in [-0.3, -0.25) is 4.79 Å². The Balaban J connectivity index is 2.37. The van der Waals surface area contributed by atoms with Crippen molar-refractivity contribution >= 4 is 38.6 Å². The number of esters is 1. The van der Waals surface area contributed by atoms with E-state index in [-0.39, 0.29) is 11.8 Å². The summed E-state index contributed by atoms with van der Waals surface area (Å²) in [7, 11) is 1.33. The lowest BCUT2D eigenvalue weighted by atomic mass is 9.98. The predicted octanol–water partition coefficient (Wildman–Crippen LogP) is 3.92. The highest BCUT2D eigenvalue weighted by molar-refractivity contribution is 9.10. The molecule has 122 valence electrons. The van der Waals surface area contributed by atoms with Crippen LogP contribution in [-0.4, -0.2) is 25.0 Å². The molecule has 2 rings (SSSR count). The number of methoxy groups -OCH3 is 1. The van der Waals surface area contributed by atoms with Gasteiger partial charge < -0.3 is 10.1 Å². The van der Waals surface area contributed by atoms with E-state index in [1.807, 2.05) is 44.2 Å². The van der Waals surface area contributed by atoms with Gasteiger partial charge in [0.05, 0.1) is 7.11 Å². The van der Waals surface area contributed by atoms with Crippen molar-refractivity contribution in [2.45, 2.75) is 26.3 Å². The summed E-state index contributed by atoms with van der Waals surface area (Å²) in [6.07, 6.45) is 0.765. The maximum absolute atomic E-state index is 12.7. The van der Waals surface area contributed by atoms with Gasteiger partial charge in [-0.2, -0.15) is 0 Å². The van der Waals surface area contributed by atoms with E-state index in [9.17, 15) is 9.59 Å². The zero-order valence-corrected chi connectivity index (χ0v) is 15.0. The maximum atomic E-state index is 12.7. The summed E-state index contributed by atoms with van der Waals surface area (Å²) in [6.45, 7) is 3.89. The van der Waals surface area contributed by atoms with Crippen molar-refractivity contribution in [1.29, 1.82) is 0 Å². The minimum atomic E-state index is -0.653. The molecule has 0 aromatic heterocycles. The standard InChI is InChI=1S/C18H20BrNO3/c1-4-11(2)16(18(22)23-3)20-17(21)14-9-10-15(19)13-8-6-5-7-12(13)14/h5-11,16H,4H2,1-3H3,(H,20,21)/t11?,16-/m1/s1. The van der Waals surface area contributed by atoms with E-state index in [4.69, 9.17) is 4.74 Å². The van der Waals surface area contributed by atoms with Crippen molar-refractivity contribution < 1.29 is 14.3 Å². The molecule has 23 heavy (non-hydrogen) atoms. The molecule has 0 aliphatic rings. The zero-order chi connectivity index (χ0) is 17.0. The van der Waals surface area contributed by atoms with Gasteiger partial charge in [-0.05, 0) is 28.8 Å². The Labute approximate surface area is 144 Å². The fourth-order valence-electron chi connectivity index (χ4n) is 2.48. The second kappa shape index (κ2) is 7.59. The molecule has 0 saturated carbocycles. The first-order chi connectivity index (χ1) is 11.0. The molecule has 0 aliphatic heterocycles. The summed E-state index contributed by atoms with van der Waals surface area (Å²) in [5.41, 5.74) is 0.543. The number of rotatable bonds is 5. The Morgan fingerprint density at radius 1 is 1.17 bits per heavy atom. The zero-order valence-electron chi connectivity index (χ0n) is 13.4. The summed E-state index contributed by atoms with van der Waals surface area (Å²) < 4.78 is 5.74. The molecule has 0 heterocycles. The summed E-state index contributed by atoms with van der Waals surface area (Å²) in [6, 6.07) is 10.6. The second-order valence-electron chi connectivity index (χ2n) is 5.50. The molecule has 4 nitrogen and oxygen atoms in total. The Hall–Kier alpha value is -1.88. The van der Waals surface area contributed by atoms with Gasteiger partial charge in [0.1, 0.15) is 6.04 Å². The third kappa shape index (κ3) is 3.72. The molecule has 0 bridgehead atoms. The van der Waals surface area contributed by atoms with E-state index in [1.165, 1.54) is 7.11 Å². The van der Waals surface area contributed by atoms with Crippen molar-refractivity contribution in [2.24, 2.45) is 5.92 Å². The molecule has 1 amide bonds. The smallest absolute Gasteiger partial charge is 0.328 e. The number of hydrogen-bond acceptors (Lipinski definition) is 3. The fraction of sp³-hybridized carbons (Fsp3) is 0.333. The summed E-state index contributed by atoms with van der Waals surface area (Å²) in [4.78, 5) is 24.6. The quantitative estimate of drug-likeness (QED) is 0.803. The van der Waals surface area contributed by atoms with Crippen molar-refractivity contribution in [3.05, 3.63) is 46.4 Å². The van der Waals surface area contributed by atoms with Gasteiger partial charge in [0.25, 0.3) is 5.91 Å². The van der Waals surface area contributed by atoms with Crippen LogP contribution in [0.5, 0.6) is 0 Å². The number of ether oxygens (including phenoxy) is 1. The SMILES string of the molecule is CCC(C)[C@@H](NC(=O)c1ccc(Br)c2ccccc12)C(=O)OC. The van der Waals surface area contributed by atoms with E-state index in [0.717, 1.165) is 21.7 Å². The number of benzene rings is 2. The van der Waals surface area contributed by atoms with Crippen LogP contribution in [0.4, 0.5) is 0 Å². The molecule has 0 radical (unpaired) electrons. The number of hydrogen-bond donors (Lipinski definition) is 1. The van der Waals surface area contributed by atoms with Gasteiger partial charge in [-0.1, -0.05) is 60.5 Å². The van der Waals surface area contributed by atoms with E-state index in [2.05, 4.69) is 21.2 Å². The topological polar surface area (TPSA) is 55.4 Å². The number of halogens is 1. The maximum Gasteiger partial charge on any atom is 0.328 e. The van der Waals surface area contributed by atoms with Crippen LogP contribution in [0.25, 0.3) is 10.8 Å². The van der Waals surface area contributed by atoms with Gasteiger partial charge in [-0.15, -0.1) is 0 Å². The van der Waals surface area contributed by atoms with Gasteiger partial charge >= 0.3 is 5.97 Å². The molecule has 0 fully saturated rings. The number of amides is 1. The second-order valence-corrected chi connectivity index (χ2v) is 6.35. The first kappa shape index (κ1) is 17.5. The normalized spacial score (nSPS) is 13.4. The van der Waals surface area contributed by atoms with E-state index >= 15 is 0 Å². The predicted molar refractivity (Wildman–Crippen MR) is 94.4 cm³/mol. The van der Waals surface area contributed by atoms with Crippen LogP contribution < -0.4 is 5.32 Å². The number of fused-ring (bicyclic) bond motifs is 1. The van der Waals surface area contributed by atoms with E-state index in [0.29, 0.717) is 5.56 Å². The number of nitrogens with one attached hydrogen (secondary N) is 1. The highest BCUT2D eigenvalue weighted by atomic mass is 79.9. The molecule has 1 unspecified atom stereocenters. The van der Waals surface area contributed by atoms with Crippen molar-refractivity contribution in [1.82, 2.24) is 5.32 Å². The largest absolute Gasteiger partial charge is 0.467 e. The van der Waals surface area contributed by atoms with E-state index < -0.39 is 12.0 Å². The highest BCUT2D eigenvalue weighted by Gasteiger charge is 2.27. The Morgan fingerprint density at radius 2 is 1.83 bits per heavy atom. The van der Waals surface area contributed by atoms with Crippen molar-refractivity contribution in [3.8, 4) is 0 Å². The third-order valence-corrected chi connectivity index (χ3v) is 4.76. The van der Waals surface area contributed by atoms with Crippen LogP contribution in [0.2, 0.25) is 0 Å². The molecule has 2 aromatic rings. The summed E-state index contributed by atoms with van der Waals surface area (Å²) in [5.74, 6) is -0.702. The lowest BCUT2D eigenvalue weighted by Gasteiger charge is -2.22. The molecular weight excluding hydrogens is 358 g/mol. The lowest BCUT2D eigenvalue weighted by molar-refractivity contribution is -0.144. The van der Waals surface area contributed by atoms with Gasteiger partial charge in [-0.25, -0.2) is 4.79 Å². The Morgan fingerprint density at radius 3 is 2.43 bits per heavy atom. The molecule has 0 aliphatic carbocycles. The summed E-state index contributed by atoms with van der Waals surface area (Å²) >= 11 is 3.49. The fourth-order valence-corrected chi connectivity index (χ4v) is 2.95. The van der Waals surface area contributed by atoms with Crippen LogP contribution in [0.3, 0.4) is 0 Å². The Kier molecular flexibility index (Phi) is 5.77. The third-order valence-electron chi connectivity index (χ3n) is 4.07. The van der Waals surface area contributed by atoms with Crippen LogP contribution in [0, 0.1) is 5.92 Å². The highest BCUT2D eigenvalue weighted by Crippen LogP contribution is 2.27. The van der Waals surface area contributed by atoms with Crippen molar-refractivity contribution in [2.75, 3.05) is 7.11 Å². The number of carbonyl (C=O) groups excluding carboxylic acids is 2. The van der Waals surface area contributed by atoms with Gasteiger partial charge in [0.2, 0.25) is 0 Å². The molecule has 5 heteroatoms. The molecule has 2 atom stereocenters. The average molecular weight is 378 g/mol. The van der Waals surface area contributed by atoms with Crippen LogP contribution in [0.15, 0.2) is 40.9 Å². The van der Waals surface area contributed by atoms with Crippen molar-refractivity contribution in [3.63, 3.8) is 0 Å². The Bertz CT molecular complexity index is 729. The first-order valence-corrected chi connectivity index (χ1v) is 8.34. The lowest BCUT2D eigenvalue weighted by Crippen LogP contribution is -2.45. The first-order valence-electron chi connectivity index (χ1n) is 7.55. The molecular formula is C18H20BrNO3.